The van der Waals surface area contributed by atoms with Crippen LogP contribution in [0.15, 0.2) is 59.1 Å². The first-order valence-electron chi connectivity index (χ1n) is 6.76. The summed E-state index contributed by atoms with van der Waals surface area (Å²) in [5.41, 5.74) is 0.597. The highest BCUT2D eigenvalue weighted by molar-refractivity contribution is 9.10. The van der Waals surface area contributed by atoms with E-state index in [1.807, 2.05) is 54.6 Å². The molecule has 21 heavy (non-hydrogen) atoms. The van der Waals surface area contributed by atoms with E-state index in [9.17, 15) is 9.90 Å². The standard InChI is InChI=1S/C17H18BrNO2/c1-17(21,14-5-3-2-4-6-14)11-16(20)19-12-13-7-9-15(18)10-8-13/h2-10,21H,11-12H2,1H3,(H,19,20). The van der Waals surface area contributed by atoms with Crippen molar-refractivity contribution in [3.63, 3.8) is 0 Å². The minimum absolute atomic E-state index is 0.0353. The molecule has 0 fully saturated rings. The topological polar surface area (TPSA) is 49.3 Å². The van der Waals surface area contributed by atoms with Gasteiger partial charge in [0.05, 0.1) is 12.0 Å². The molecule has 0 aliphatic carbocycles. The van der Waals surface area contributed by atoms with Gasteiger partial charge in [-0.3, -0.25) is 4.79 Å². The molecule has 2 N–H and O–H groups in total. The van der Waals surface area contributed by atoms with Crippen LogP contribution in [0, 0.1) is 0 Å². The summed E-state index contributed by atoms with van der Waals surface area (Å²) in [5, 5.41) is 13.3. The van der Waals surface area contributed by atoms with E-state index in [1.165, 1.54) is 0 Å². The molecule has 1 amide bonds. The Hall–Kier alpha value is -1.65. The van der Waals surface area contributed by atoms with E-state index in [1.54, 1.807) is 6.92 Å². The van der Waals surface area contributed by atoms with Crippen LogP contribution >= 0.6 is 15.9 Å². The molecule has 0 aliphatic rings. The second-order valence-corrected chi connectivity index (χ2v) is 6.14. The Bertz CT molecular complexity index is 594. The van der Waals surface area contributed by atoms with E-state index in [0.29, 0.717) is 6.54 Å². The van der Waals surface area contributed by atoms with Gasteiger partial charge in [0.2, 0.25) is 5.91 Å². The summed E-state index contributed by atoms with van der Waals surface area (Å²) < 4.78 is 1.00. The number of amides is 1. The van der Waals surface area contributed by atoms with Crippen molar-refractivity contribution in [2.24, 2.45) is 0 Å². The molecule has 0 saturated heterocycles. The molecule has 2 aromatic carbocycles. The van der Waals surface area contributed by atoms with E-state index >= 15 is 0 Å². The molecule has 0 radical (unpaired) electrons. The van der Waals surface area contributed by atoms with Gasteiger partial charge in [-0.15, -0.1) is 0 Å². The number of aliphatic hydroxyl groups is 1. The quantitative estimate of drug-likeness (QED) is 0.871. The monoisotopic (exact) mass is 347 g/mol. The van der Waals surface area contributed by atoms with Crippen molar-refractivity contribution in [1.29, 1.82) is 0 Å². The van der Waals surface area contributed by atoms with Crippen molar-refractivity contribution in [1.82, 2.24) is 5.32 Å². The first kappa shape index (κ1) is 15.7. The fourth-order valence-corrected chi connectivity index (χ4v) is 2.34. The highest BCUT2D eigenvalue weighted by Crippen LogP contribution is 2.23. The molecule has 0 heterocycles. The van der Waals surface area contributed by atoms with Gasteiger partial charge in [0.15, 0.2) is 0 Å². The molecule has 0 aromatic heterocycles. The number of carbonyl (C=O) groups excluding carboxylic acids is 1. The molecular weight excluding hydrogens is 330 g/mol. The summed E-state index contributed by atoms with van der Waals surface area (Å²) in [6.45, 7) is 2.11. The average molecular weight is 348 g/mol. The minimum atomic E-state index is -1.16. The van der Waals surface area contributed by atoms with Crippen LogP contribution in [0.1, 0.15) is 24.5 Å². The zero-order valence-electron chi connectivity index (χ0n) is 11.8. The summed E-state index contributed by atoms with van der Waals surface area (Å²) in [7, 11) is 0. The maximum absolute atomic E-state index is 12.0. The number of hydrogen-bond donors (Lipinski definition) is 2. The van der Waals surface area contributed by atoms with Crippen LogP contribution in [0.4, 0.5) is 0 Å². The van der Waals surface area contributed by atoms with Gasteiger partial charge in [-0.25, -0.2) is 0 Å². The highest BCUT2D eigenvalue weighted by Gasteiger charge is 2.26. The Morgan fingerprint density at radius 2 is 1.76 bits per heavy atom. The maximum Gasteiger partial charge on any atom is 0.223 e. The zero-order chi connectivity index (χ0) is 15.3. The lowest BCUT2D eigenvalue weighted by molar-refractivity contribution is -0.126. The summed E-state index contributed by atoms with van der Waals surface area (Å²) in [6, 6.07) is 17.0. The SMILES string of the molecule is CC(O)(CC(=O)NCc1ccc(Br)cc1)c1ccccc1. The van der Waals surface area contributed by atoms with Crippen molar-refractivity contribution < 1.29 is 9.90 Å². The summed E-state index contributed by atoms with van der Waals surface area (Å²) >= 11 is 3.37. The normalized spacial score (nSPS) is 13.5. The van der Waals surface area contributed by atoms with Gasteiger partial charge in [-0.05, 0) is 30.2 Å². The zero-order valence-corrected chi connectivity index (χ0v) is 13.4. The Kier molecular flexibility index (Phi) is 5.15. The lowest BCUT2D eigenvalue weighted by atomic mass is 9.92. The van der Waals surface area contributed by atoms with E-state index in [-0.39, 0.29) is 12.3 Å². The van der Waals surface area contributed by atoms with Crippen LogP contribution in [-0.2, 0) is 16.9 Å². The molecular formula is C17H18BrNO2. The Labute approximate surface area is 133 Å². The van der Waals surface area contributed by atoms with Gasteiger partial charge in [0.25, 0.3) is 0 Å². The van der Waals surface area contributed by atoms with Crippen molar-refractivity contribution in [3.8, 4) is 0 Å². The molecule has 0 bridgehead atoms. The first-order chi connectivity index (χ1) is 9.97. The van der Waals surface area contributed by atoms with Crippen LogP contribution in [0.25, 0.3) is 0 Å². The molecule has 1 atom stereocenters. The fraction of sp³-hybridized carbons (Fsp3) is 0.235. The predicted molar refractivity (Wildman–Crippen MR) is 86.6 cm³/mol. The Balaban J connectivity index is 1.91. The summed E-state index contributed by atoms with van der Waals surface area (Å²) in [4.78, 5) is 12.0. The van der Waals surface area contributed by atoms with Crippen LogP contribution < -0.4 is 5.32 Å². The fourth-order valence-electron chi connectivity index (χ4n) is 2.08. The van der Waals surface area contributed by atoms with Crippen LogP contribution in [-0.4, -0.2) is 11.0 Å². The van der Waals surface area contributed by atoms with Gasteiger partial charge >= 0.3 is 0 Å². The molecule has 0 aliphatic heterocycles. The number of benzene rings is 2. The molecule has 4 heteroatoms. The van der Waals surface area contributed by atoms with Gasteiger partial charge < -0.3 is 10.4 Å². The second kappa shape index (κ2) is 6.87. The number of halogens is 1. The number of carbonyl (C=O) groups is 1. The van der Waals surface area contributed by atoms with Crippen molar-refractivity contribution in [2.45, 2.75) is 25.5 Å². The molecule has 0 saturated carbocycles. The van der Waals surface area contributed by atoms with E-state index < -0.39 is 5.60 Å². The summed E-state index contributed by atoms with van der Waals surface area (Å²) in [5.74, 6) is -0.174. The van der Waals surface area contributed by atoms with Crippen LogP contribution in [0.5, 0.6) is 0 Å². The second-order valence-electron chi connectivity index (χ2n) is 5.22. The molecule has 3 nitrogen and oxygen atoms in total. The smallest absolute Gasteiger partial charge is 0.223 e. The van der Waals surface area contributed by atoms with E-state index in [2.05, 4.69) is 21.2 Å². The highest BCUT2D eigenvalue weighted by atomic mass is 79.9. The third-order valence-electron chi connectivity index (χ3n) is 3.30. The van der Waals surface area contributed by atoms with Gasteiger partial charge in [0.1, 0.15) is 0 Å². The largest absolute Gasteiger partial charge is 0.385 e. The third-order valence-corrected chi connectivity index (χ3v) is 3.83. The maximum atomic E-state index is 12.0. The van der Waals surface area contributed by atoms with Crippen LogP contribution in [0.3, 0.4) is 0 Å². The van der Waals surface area contributed by atoms with Gasteiger partial charge in [0, 0.05) is 11.0 Å². The molecule has 110 valence electrons. The first-order valence-corrected chi connectivity index (χ1v) is 7.56. The lowest BCUT2D eigenvalue weighted by Crippen LogP contribution is -2.32. The predicted octanol–water partition coefficient (Wildman–Crippen LogP) is 3.36. The van der Waals surface area contributed by atoms with Gasteiger partial charge in [-0.2, -0.15) is 0 Å². The van der Waals surface area contributed by atoms with Crippen molar-refractivity contribution in [3.05, 3.63) is 70.2 Å². The lowest BCUT2D eigenvalue weighted by Gasteiger charge is -2.23. The van der Waals surface area contributed by atoms with Crippen molar-refractivity contribution in [2.75, 3.05) is 0 Å². The summed E-state index contributed by atoms with van der Waals surface area (Å²) in [6.07, 6.45) is 0.0353. The Morgan fingerprint density at radius 1 is 1.14 bits per heavy atom. The molecule has 2 aromatic rings. The van der Waals surface area contributed by atoms with E-state index in [4.69, 9.17) is 0 Å². The third kappa shape index (κ3) is 4.69. The molecule has 1 unspecified atom stereocenters. The van der Waals surface area contributed by atoms with Gasteiger partial charge in [-0.1, -0.05) is 58.4 Å². The minimum Gasteiger partial charge on any atom is -0.385 e. The Morgan fingerprint density at radius 3 is 2.38 bits per heavy atom. The molecule has 0 spiro atoms. The molecule has 2 rings (SSSR count). The number of rotatable bonds is 5. The number of nitrogens with one attached hydrogen (secondary N) is 1. The van der Waals surface area contributed by atoms with Crippen LogP contribution in [0.2, 0.25) is 0 Å². The number of hydrogen-bond acceptors (Lipinski definition) is 2. The van der Waals surface area contributed by atoms with E-state index in [0.717, 1.165) is 15.6 Å². The van der Waals surface area contributed by atoms with Crippen molar-refractivity contribution >= 4 is 21.8 Å². The average Bonchev–Trinajstić information content (AvgIpc) is 2.47.